The number of esters is 2. The maximum Gasteiger partial charge on any atom is 0.472 e. The lowest BCUT2D eigenvalue weighted by atomic mass is 10.0. The van der Waals surface area contributed by atoms with Gasteiger partial charge < -0.3 is 18.9 Å². The molecule has 0 spiro atoms. The molecule has 0 fully saturated rings. The summed E-state index contributed by atoms with van der Waals surface area (Å²) in [6.07, 6.45) is 120. The zero-order chi connectivity index (χ0) is 74.7. The normalized spacial score (nSPS) is 13.6. The van der Waals surface area contributed by atoms with Crippen LogP contribution in [0.1, 0.15) is 406 Å². The quantitative estimate of drug-likeness (QED) is 0.0211. The second-order valence-electron chi connectivity index (χ2n) is 30.6. The summed E-state index contributed by atoms with van der Waals surface area (Å²) in [4.78, 5) is 36.0. The van der Waals surface area contributed by atoms with Gasteiger partial charge in [-0.25, -0.2) is 4.57 Å². The van der Waals surface area contributed by atoms with Crippen LogP contribution in [0.4, 0.5) is 0 Å². The van der Waals surface area contributed by atoms with E-state index in [0.717, 1.165) is 109 Å². The summed E-state index contributed by atoms with van der Waals surface area (Å²) < 4.78 is 34.9. The van der Waals surface area contributed by atoms with Gasteiger partial charge in [-0.3, -0.25) is 18.6 Å². The molecule has 10 heteroatoms. The minimum absolute atomic E-state index is 0.0280. The second kappa shape index (κ2) is 82.5. The first kappa shape index (κ1) is 99.4. The third-order valence-electron chi connectivity index (χ3n) is 19.3. The van der Waals surface area contributed by atoms with Crippen molar-refractivity contribution in [3.63, 3.8) is 0 Å². The number of phosphoric ester groups is 1. The van der Waals surface area contributed by atoms with E-state index >= 15 is 0 Å². The smallest absolute Gasteiger partial charge is 0.462 e. The third kappa shape index (κ3) is 87.2. The Morgan fingerprint density at radius 2 is 0.553 bits per heavy atom. The van der Waals surface area contributed by atoms with Gasteiger partial charge in [0.05, 0.1) is 27.7 Å². The van der Waals surface area contributed by atoms with E-state index in [4.69, 9.17) is 18.5 Å². The van der Waals surface area contributed by atoms with Gasteiger partial charge in [0, 0.05) is 12.8 Å². The van der Waals surface area contributed by atoms with Crippen molar-refractivity contribution < 1.29 is 42.1 Å². The number of carbonyl (C=O) groups excluding carboxylic acids is 2. The van der Waals surface area contributed by atoms with E-state index in [1.807, 2.05) is 21.1 Å². The molecule has 596 valence electrons. The third-order valence-corrected chi connectivity index (χ3v) is 20.2. The number of hydrogen-bond donors (Lipinski definition) is 1. The fourth-order valence-electron chi connectivity index (χ4n) is 12.6. The number of nitrogens with zero attached hydrogens (tertiary/aromatic N) is 1. The average Bonchev–Trinajstić information content (AvgIpc) is 0.971. The van der Waals surface area contributed by atoms with Crippen LogP contribution in [0.15, 0.2) is 122 Å². The maximum atomic E-state index is 12.9. The van der Waals surface area contributed by atoms with Crippen LogP contribution in [0.25, 0.3) is 0 Å². The summed E-state index contributed by atoms with van der Waals surface area (Å²) in [7, 11) is 1.48. The highest BCUT2D eigenvalue weighted by atomic mass is 31.2. The predicted molar refractivity (Wildman–Crippen MR) is 450 cm³/mol. The molecule has 2 atom stereocenters. The van der Waals surface area contributed by atoms with E-state index in [-0.39, 0.29) is 32.0 Å². The van der Waals surface area contributed by atoms with Crippen molar-refractivity contribution in [2.24, 2.45) is 0 Å². The summed E-state index contributed by atoms with van der Waals surface area (Å²) in [6, 6.07) is 0. The molecule has 0 rings (SSSR count). The summed E-state index contributed by atoms with van der Waals surface area (Å²) in [6.45, 7) is 4.37. The monoisotopic (exact) mass is 1460 g/mol. The van der Waals surface area contributed by atoms with Crippen molar-refractivity contribution in [1.29, 1.82) is 0 Å². The van der Waals surface area contributed by atoms with Gasteiger partial charge in [-0.1, -0.05) is 424 Å². The van der Waals surface area contributed by atoms with Gasteiger partial charge in [-0.15, -0.1) is 0 Å². The van der Waals surface area contributed by atoms with E-state index in [9.17, 15) is 19.0 Å². The summed E-state index contributed by atoms with van der Waals surface area (Å²) >= 11 is 0. The highest BCUT2D eigenvalue weighted by Crippen LogP contribution is 2.43. The Morgan fingerprint density at radius 1 is 0.311 bits per heavy atom. The van der Waals surface area contributed by atoms with E-state index in [1.165, 1.54) is 263 Å². The molecule has 0 bridgehead atoms. The molecule has 0 saturated carbocycles. The number of ether oxygens (including phenoxy) is 2. The second-order valence-corrected chi connectivity index (χ2v) is 32.0. The van der Waals surface area contributed by atoms with Gasteiger partial charge >= 0.3 is 19.8 Å². The van der Waals surface area contributed by atoms with E-state index in [0.29, 0.717) is 17.4 Å². The van der Waals surface area contributed by atoms with Crippen LogP contribution in [0.2, 0.25) is 0 Å². The van der Waals surface area contributed by atoms with Crippen LogP contribution in [0.3, 0.4) is 0 Å². The molecule has 0 aromatic rings. The molecule has 2 unspecified atom stereocenters. The number of hydrogen-bond acceptors (Lipinski definition) is 7. The van der Waals surface area contributed by atoms with Crippen molar-refractivity contribution in [2.45, 2.75) is 412 Å². The summed E-state index contributed by atoms with van der Waals surface area (Å²) in [5, 5.41) is 0. The molecule has 0 aromatic carbocycles. The zero-order valence-corrected chi connectivity index (χ0v) is 69.2. The number of rotatable bonds is 81. The Balaban J connectivity index is 3.95. The summed E-state index contributed by atoms with van der Waals surface area (Å²) in [5.41, 5.74) is 0. The van der Waals surface area contributed by atoms with Crippen LogP contribution in [-0.4, -0.2) is 74.9 Å². The molecular weight excluding hydrogens is 1290 g/mol. The Kier molecular flexibility index (Phi) is 79.6. The van der Waals surface area contributed by atoms with Crippen molar-refractivity contribution in [2.75, 3.05) is 47.5 Å². The fraction of sp³-hybridized carbons (Fsp3) is 0.763. The lowest BCUT2D eigenvalue weighted by Gasteiger charge is -2.24. The lowest BCUT2D eigenvalue weighted by molar-refractivity contribution is -0.870. The Morgan fingerprint density at radius 3 is 0.825 bits per heavy atom. The van der Waals surface area contributed by atoms with Gasteiger partial charge in [0.1, 0.15) is 19.8 Å². The average molecular weight is 1460 g/mol. The number of allylic oxidation sites excluding steroid dienone is 20. The lowest BCUT2D eigenvalue weighted by Crippen LogP contribution is -2.37. The number of carbonyl (C=O) groups is 2. The first-order valence-electron chi connectivity index (χ1n) is 43.8. The van der Waals surface area contributed by atoms with Crippen molar-refractivity contribution in [1.82, 2.24) is 0 Å². The van der Waals surface area contributed by atoms with Gasteiger partial charge in [0.25, 0.3) is 0 Å². The van der Waals surface area contributed by atoms with Gasteiger partial charge in [-0.05, 0) is 89.9 Å². The molecule has 0 amide bonds. The number of quaternary nitrogens is 1. The molecule has 1 N–H and O–H groups in total. The fourth-order valence-corrected chi connectivity index (χ4v) is 13.4. The summed E-state index contributed by atoms with van der Waals surface area (Å²) in [5.74, 6) is -0.790. The van der Waals surface area contributed by atoms with E-state index in [2.05, 4.69) is 135 Å². The highest BCUT2D eigenvalue weighted by molar-refractivity contribution is 7.47. The first-order chi connectivity index (χ1) is 50.5. The molecule has 0 aromatic heterocycles. The van der Waals surface area contributed by atoms with E-state index in [1.54, 1.807) is 0 Å². The molecular formula is C93H167NO8P+. The maximum absolute atomic E-state index is 12.9. The van der Waals surface area contributed by atoms with Crippen LogP contribution < -0.4 is 0 Å². The molecule has 0 radical (unpaired) electrons. The minimum atomic E-state index is -4.40. The molecule has 9 nitrogen and oxygen atoms in total. The first-order valence-corrected chi connectivity index (χ1v) is 45.3. The highest BCUT2D eigenvalue weighted by Gasteiger charge is 2.27. The molecule has 0 aliphatic carbocycles. The molecule has 0 aliphatic heterocycles. The zero-order valence-electron chi connectivity index (χ0n) is 68.3. The van der Waals surface area contributed by atoms with Crippen LogP contribution in [0.5, 0.6) is 0 Å². The standard InChI is InChI=1S/C93H166NO8P/c1-6-8-10-12-14-16-18-20-22-24-26-28-30-32-34-36-38-40-42-44-46-47-48-50-52-54-56-58-60-62-64-66-68-70-72-74-76-78-80-82-84-86-93(96)102-91(90-101-103(97,98)100-88-87-94(3,4)5)89-99-92(95)85-83-81-79-77-75-73-71-69-67-65-63-61-59-57-55-53-51-49-45-43-41-39-37-35-33-31-29-27-25-23-21-19-17-15-13-11-9-7-2/h8,10,14,16,20,22,26,28,32,34,38,40,44,46,48,50,54,56,60,62,91H,6-7,9,11-13,15,17-19,21,23-25,27,29-31,33,35-37,39,41-43,45,47,49,51-53,55,57-59,61,63-90H2,1-5H3/p+1/b10-8-,16-14-,22-20-,28-26-,34-32-,40-38-,46-44-,50-48-,56-54-,62-60-. The van der Waals surface area contributed by atoms with Crippen molar-refractivity contribution in [3.8, 4) is 0 Å². The predicted octanol–water partition coefficient (Wildman–Crippen LogP) is 29.7. The SMILES string of the molecule is CC/C=C\C/C=C\C/C=C\C/C=C\C/C=C\C/C=C\C/C=C\C/C=C\C/C=C\C/C=C\CCCCCCCCCCCCC(=O)OC(COC(=O)CCCCCCCCCCCCCCCCCCCCCCCCCCCCCCCCCCCCCCCC)COP(=O)(O)OCC[N+](C)(C)C. The molecule has 103 heavy (non-hydrogen) atoms. The van der Waals surface area contributed by atoms with Gasteiger partial charge in [0.15, 0.2) is 6.10 Å². The number of likely N-dealkylation sites (N-methyl/N-ethyl adjacent to an activating group) is 1. The molecule has 0 heterocycles. The topological polar surface area (TPSA) is 108 Å². The number of unbranched alkanes of at least 4 members (excludes halogenated alkanes) is 47. The van der Waals surface area contributed by atoms with Gasteiger partial charge in [0.2, 0.25) is 0 Å². The minimum Gasteiger partial charge on any atom is -0.462 e. The largest absolute Gasteiger partial charge is 0.472 e. The van der Waals surface area contributed by atoms with Crippen LogP contribution >= 0.6 is 7.82 Å². The molecule has 0 aliphatic rings. The Bertz CT molecular complexity index is 2160. The van der Waals surface area contributed by atoms with Crippen molar-refractivity contribution in [3.05, 3.63) is 122 Å². The van der Waals surface area contributed by atoms with E-state index < -0.39 is 26.5 Å². The van der Waals surface area contributed by atoms with Gasteiger partial charge in [-0.2, -0.15) is 0 Å². The molecule has 0 saturated heterocycles. The van der Waals surface area contributed by atoms with Crippen LogP contribution in [0, 0.1) is 0 Å². The Hall–Kier alpha value is -3.59. The number of phosphoric acid groups is 1. The van der Waals surface area contributed by atoms with Crippen molar-refractivity contribution >= 4 is 19.8 Å². The van der Waals surface area contributed by atoms with Crippen LogP contribution in [-0.2, 0) is 32.7 Å². The Labute approximate surface area is 639 Å².